The van der Waals surface area contributed by atoms with Gasteiger partial charge in [0.1, 0.15) is 26.9 Å². The van der Waals surface area contributed by atoms with Crippen LogP contribution in [0, 0.1) is 6.92 Å². The second-order valence-corrected chi connectivity index (χ2v) is 12.3. The lowest BCUT2D eigenvalue weighted by atomic mass is 10.1. The van der Waals surface area contributed by atoms with Crippen molar-refractivity contribution in [3.63, 3.8) is 0 Å². The van der Waals surface area contributed by atoms with E-state index in [2.05, 4.69) is 10.2 Å². The molecular weight excluding hydrogens is 568 g/mol. The highest BCUT2D eigenvalue weighted by atomic mass is 32.2. The van der Waals surface area contributed by atoms with Crippen LogP contribution in [0.25, 0.3) is 10.8 Å². The van der Waals surface area contributed by atoms with Crippen LogP contribution in [-0.4, -0.2) is 56.4 Å². The first-order valence-corrected chi connectivity index (χ1v) is 14.8. The summed E-state index contributed by atoms with van der Waals surface area (Å²) in [4.78, 5) is -1.95. The average molecular weight is 591 g/mol. The number of nitrogens with zero attached hydrogens (tertiary/aromatic N) is 2. The lowest BCUT2D eigenvalue weighted by Gasteiger charge is -2.13. The van der Waals surface area contributed by atoms with Gasteiger partial charge in [-0.3, -0.25) is 13.7 Å². The normalized spacial score (nSPS) is 12.8. The van der Waals surface area contributed by atoms with E-state index in [0.717, 1.165) is 12.1 Å². The van der Waals surface area contributed by atoms with Gasteiger partial charge in [0.2, 0.25) is 0 Å². The predicted octanol–water partition coefficient (Wildman–Crippen LogP) is 2.58. The molecule has 0 aliphatic carbocycles. The largest absolute Gasteiger partial charge is 0.505 e. The Kier molecular flexibility index (Phi) is 7.87. The summed E-state index contributed by atoms with van der Waals surface area (Å²) in [5.74, 6) is -1.50. The second-order valence-electron chi connectivity index (χ2n) is 7.97. The van der Waals surface area contributed by atoms with Gasteiger partial charge >= 0.3 is 0 Å². The minimum atomic E-state index is -5.15. The molecule has 0 spiro atoms. The van der Waals surface area contributed by atoms with Gasteiger partial charge in [0.05, 0.1) is 18.0 Å². The molecule has 8 N–H and O–H groups in total. The van der Waals surface area contributed by atoms with Crippen LogP contribution in [0.4, 0.5) is 22.7 Å². The summed E-state index contributed by atoms with van der Waals surface area (Å²) in [7, 11) is -14.4. The summed E-state index contributed by atoms with van der Waals surface area (Å²) >= 11 is 0. The molecule has 0 unspecified atom stereocenters. The molecule has 206 valence electrons. The number of nitrogens with two attached hydrogens (primary N) is 2. The average Bonchev–Trinajstić information content (AvgIpc) is 2.76. The number of rotatable bonds is 9. The van der Waals surface area contributed by atoms with E-state index in [1.807, 2.05) is 0 Å². The maximum Gasteiger partial charge on any atom is 0.297 e. The molecule has 0 aliphatic heterocycles. The van der Waals surface area contributed by atoms with Crippen molar-refractivity contribution in [1.82, 2.24) is 0 Å². The number of anilines is 2. The fourth-order valence-corrected chi connectivity index (χ4v) is 5.34. The number of hydrogen-bond acceptors (Lipinski definition) is 12. The van der Waals surface area contributed by atoms with Crippen LogP contribution < -0.4 is 16.2 Å². The minimum Gasteiger partial charge on any atom is -0.505 e. The van der Waals surface area contributed by atoms with Gasteiger partial charge in [0.15, 0.2) is 5.75 Å². The van der Waals surface area contributed by atoms with Crippen molar-refractivity contribution in [3.05, 3.63) is 35.9 Å². The smallest absolute Gasteiger partial charge is 0.297 e. The van der Waals surface area contributed by atoms with Crippen LogP contribution in [-0.2, 0) is 30.4 Å². The van der Waals surface area contributed by atoms with Crippen LogP contribution in [0.1, 0.15) is 12.0 Å². The van der Waals surface area contributed by atoms with Crippen molar-refractivity contribution in [2.24, 2.45) is 10.2 Å². The Bertz CT molecular complexity index is 1790. The number of aryl methyl sites for hydroxylation is 1. The first kappa shape index (κ1) is 29.0. The van der Waals surface area contributed by atoms with E-state index in [1.165, 1.54) is 12.1 Å². The Morgan fingerprint density at radius 3 is 2.11 bits per heavy atom. The van der Waals surface area contributed by atoms with Crippen molar-refractivity contribution >= 4 is 63.9 Å². The van der Waals surface area contributed by atoms with Gasteiger partial charge in [0.25, 0.3) is 30.4 Å². The Morgan fingerprint density at radius 1 is 0.868 bits per heavy atom. The summed E-state index contributed by atoms with van der Waals surface area (Å²) in [6, 6.07) is 5.56. The molecule has 0 fully saturated rings. The van der Waals surface area contributed by atoms with Gasteiger partial charge < -0.3 is 21.3 Å². The highest BCUT2D eigenvalue weighted by Gasteiger charge is 2.27. The first-order chi connectivity index (χ1) is 17.4. The molecule has 3 aromatic carbocycles. The zero-order chi connectivity index (χ0) is 28.6. The maximum atomic E-state index is 12.1. The Hall–Kier alpha value is -3.55. The number of fused-ring (bicyclic) bond motifs is 1. The van der Waals surface area contributed by atoms with Crippen molar-refractivity contribution in [1.29, 1.82) is 0 Å². The zero-order valence-electron chi connectivity index (χ0n) is 19.4. The molecule has 0 amide bonds. The molecule has 0 atom stereocenters. The van der Waals surface area contributed by atoms with Crippen molar-refractivity contribution in [3.8, 4) is 11.5 Å². The second kappa shape index (κ2) is 10.3. The number of hydrogen-bond donors (Lipinski definition) is 6. The highest BCUT2D eigenvalue weighted by Crippen LogP contribution is 2.45. The van der Waals surface area contributed by atoms with E-state index < -0.39 is 68.4 Å². The first-order valence-electron chi connectivity index (χ1n) is 10.3. The number of aromatic hydroxyl groups is 1. The van der Waals surface area contributed by atoms with E-state index >= 15 is 0 Å². The summed E-state index contributed by atoms with van der Waals surface area (Å²) in [5, 5.41) is 17.6. The molecule has 18 heteroatoms. The van der Waals surface area contributed by atoms with Crippen LogP contribution in [0.2, 0.25) is 0 Å². The molecule has 0 bridgehead atoms. The van der Waals surface area contributed by atoms with E-state index in [0.29, 0.717) is 11.6 Å². The number of ether oxygens (including phenoxy) is 1. The van der Waals surface area contributed by atoms with Crippen LogP contribution in [0.15, 0.2) is 50.4 Å². The van der Waals surface area contributed by atoms with Gasteiger partial charge in [-0.2, -0.15) is 25.3 Å². The molecule has 38 heavy (non-hydrogen) atoms. The fourth-order valence-electron chi connectivity index (χ4n) is 3.40. The van der Waals surface area contributed by atoms with Gasteiger partial charge in [-0.05, 0) is 43.2 Å². The molecule has 15 nitrogen and oxygen atoms in total. The third-order valence-corrected chi connectivity index (χ3v) is 7.80. The molecule has 0 aromatic heterocycles. The van der Waals surface area contributed by atoms with Gasteiger partial charge in [0, 0.05) is 22.5 Å². The van der Waals surface area contributed by atoms with Crippen LogP contribution in [0.5, 0.6) is 11.5 Å². The standard InChI is InChI=1S/C20H22N4O11S3/c1-10-7-15(16(9-14(10)22)35-5-2-6-36(26,27)28)23-24-18-17(37(29,30)31)8-12-11(19(18)25)3-4-13(21)20(12)38(32,33)34/h3-4,7-9,25H,2,5-6,21-22H2,1H3,(H,26,27,28)(H,29,30,31)(H,32,33,34). The topological polar surface area (TPSA) is 269 Å². The van der Waals surface area contributed by atoms with E-state index in [4.69, 9.17) is 20.8 Å². The fraction of sp³-hybridized carbons (Fsp3) is 0.200. The summed E-state index contributed by atoms with van der Waals surface area (Å²) < 4.78 is 103. The number of nitrogen functional groups attached to an aromatic ring is 2. The predicted molar refractivity (Wildman–Crippen MR) is 136 cm³/mol. The Balaban J connectivity index is 2.19. The van der Waals surface area contributed by atoms with Gasteiger partial charge in [-0.15, -0.1) is 10.2 Å². The molecule has 0 radical (unpaired) electrons. The number of phenols is 1. The number of azo groups is 1. The third-order valence-electron chi connectivity index (χ3n) is 5.16. The van der Waals surface area contributed by atoms with E-state index in [9.17, 15) is 39.5 Å². The molecule has 3 aromatic rings. The Morgan fingerprint density at radius 2 is 1.53 bits per heavy atom. The monoisotopic (exact) mass is 590 g/mol. The third kappa shape index (κ3) is 6.47. The van der Waals surface area contributed by atoms with E-state index in [-0.39, 0.29) is 35.5 Å². The molecule has 0 aliphatic rings. The van der Waals surface area contributed by atoms with Gasteiger partial charge in [-0.1, -0.05) is 0 Å². The summed E-state index contributed by atoms with van der Waals surface area (Å²) in [6.45, 7) is 1.41. The maximum absolute atomic E-state index is 12.1. The minimum absolute atomic E-state index is 0.0118. The molecule has 0 saturated carbocycles. The molecule has 0 saturated heterocycles. The summed E-state index contributed by atoms with van der Waals surface area (Å²) in [6.07, 6.45) is -0.0964. The van der Waals surface area contributed by atoms with Crippen LogP contribution >= 0.6 is 0 Å². The Labute approximate surface area is 217 Å². The van der Waals surface area contributed by atoms with Crippen molar-refractivity contribution in [2.75, 3.05) is 23.8 Å². The zero-order valence-corrected chi connectivity index (χ0v) is 21.9. The molecular formula is C20H22N4O11S3. The lowest BCUT2D eigenvalue weighted by Crippen LogP contribution is -2.08. The van der Waals surface area contributed by atoms with Crippen LogP contribution in [0.3, 0.4) is 0 Å². The molecule has 3 rings (SSSR count). The van der Waals surface area contributed by atoms with Crippen molar-refractivity contribution in [2.45, 2.75) is 23.1 Å². The summed E-state index contributed by atoms with van der Waals surface area (Å²) in [5.41, 5.74) is 11.0. The van der Waals surface area contributed by atoms with E-state index in [1.54, 1.807) is 6.92 Å². The SMILES string of the molecule is Cc1cc(N=Nc2c(S(=O)(=O)O)cc3c(S(=O)(=O)O)c(N)ccc3c2O)c(OCCCS(=O)(=O)O)cc1N. The highest BCUT2D eigenvalue weighted by molar-refractivity contribution is 7.86. The number of benzene rings is 3. The number of phenolic OH excluding ortho intramolecular Hbond substituents is 1. The quantitative estimate of drug-likeness (QED) is 0.0906. The van der Waals surface area contributed by atoms with Crippen molar-refractivity contribution < 1.29 is 48.8 Å². The molecule has 0 heterocycles. The lowest BCUT2D eigenvalue weighted by molar-refractivity contribution is 0.317. The van der Waals surface area contributed by atoms with Gasteiger partial charge in [-0.25, -0.2) is 0 Å².